The molecule has 6 N–H and O–H groups in total. The molecule has 0 amide bonds. The predicted molar refractivity (Wildman–Crippen MR) is 210 cm³/mol. The highest BCUT2D eigenvalue weighted by atomic mass is 15.2. The minimum atomic E-state index is 0.428. The monoisotopic (exact) mass is 693 g/mol. The highest BCUT2D eigenvalue weighted by molar-refractivity contribution is 5.12. The van der Waals surface area contributed by atoms with Crippen molar-refractivity contribution in [3.8, 4) is 0 Å². The van der Waals surface area contributed by atoms with E-state index in [4.69, 9.17) is 0 Å². The third-order valence-corrected chi connectivity index (χ3v) is 13.9. The zero-order valence-electron chi connectivity index (χ0n) is 31.8. The van der Waals surface area contributed by atoms with Crippen LogP contribution in [0.15, 0.2) is 24.4 Å². The first-order valence-corrected chi connectivity index (χ1v) is 22.0. The van der Waals surface area contributed by atoms with E-state index in [9.17, 15) is 0 Å². The molecule has 7 aliphatic rings. The van der Waals surface area contributed by atoms with E-state index in [2.05, 4.69) is 66.1 Å². The summed E-state index contributed by atoms with van der Waals surface area (Å²) in [5, 5.41) is 23.7. The number of hydrogen-bond acceptors (Lipinski definition) is 8. The van der Waals surface area contributed by atoms with Crippen molar-refractivity contribution in [3.63, 3.8) is 0 Å². The van der Waals surface area contributed by atoms with E-state index in [0.717, 1.165) is 30.5 Å². The molecule has 0 spiro atoms. The maximum Gasteiger partial charge on any atom is 0.0569 e. The van der Waals surface area contributed by atoms with Gasteiger partial charge in [-0.15, -0.1) is 0 Å². The second-order valence-electron chi connectivity index (χ2n) is 17.9. The van der Waals surface area contributed by atoms with Crippen molar-refractivity contribution in [3.05, 3.63) is 24.4 Å². The Bertz CT molecular complexity index is 989. The van der Waals surface area contributed by atoms with Crippen LogP contribution in [-0.2, 0) is 0 Å². The summed E-state index contributed by atoms with van der Waals surface area (Å²) in [4.78, 5) is 5.64. The number of nitrogens with one attached hydrogen (secondary N) is 6. The average Bonchev–Trinajstić information content (AvgIpc) is 3.17. The maximum atomic E-state index is 4.30. The van der Waals surface area contributed by atoms with Gasteiger partial charge in [-0.1, -0.05) is 44.3 Å². The molecule has 5 saturated heterocycles. The second-order valence-corrected chi connectivity index (χ2v) is 17.9. The van der Waals surface area contributed by atoms with Gasteiger partial charge < -0.3 is 31.9 Å². The Morgan fingerprint density at radius 2 is 0.860 bits per heavy atom. The van der Waals surface area contributed by atoms with Crippen molar-refractivity contribution >= 4 is 0 Å². The fourth-order valence-electron chi connectivity index (χ4n) is 11.2. The molecule has 8 unspecified atom stereocenters. The summed E-state index contributed by atoms with van der Waals surface area (Å²) in [6.45, 7) is 10.8. The van der Waals surface area contributed by atoms with E-state index in [-0.39, 0.29) is 0 Å². The van der Waals surface area contributed by atoms with Gasteiger partial charge in [0.2, 0.25) is 0 Å². The Hall–Kier alpha value is -1.00. The molecule has 0 aromatic carbocycles. The second kappa shape index (κ2) is 19.9. The van der Waals surface area contributed by atoms with Crippen molar-refractivity contribution < 1.29 is 0 Å². The van der Waals surface area contributed by atoms with Crippen molar-refractivity contribution in [2.75, 3.05) is 58.9 Å². The Labute approximate surface area is 306 Å². The molecule has 6 aliphatic heterocycles. The number of hydrogen-bond donors (Lipinski definition) is 6. The van der Waals surface area contributed by atoms with E-state index in [1.165, 1.54) is 174 Å². The summed E-state index contributed by atoms with van der Waals surface area (Å²) >= 11 is 0. The van der Waals surface area contributed by atoms with Crippen molar-refractivity contribution in [1.82, 2.24) is 41.7 Å². The summed E-state index contributed by atoms with van der Waals surface area (Å²) in [6, 6.07) is 5.23. The third kappa shape index (κ3) is 11.5. The topological polar surface area (TPSA) is 78.7 Å². The van der Waals surface area contributed by atoms with Crippen molar-refractivity contribution in [2.24, 2.45) is 11.8 Å². The Morgan fingerprint density at radius 3 is 1.28 bits per heavy atom. The van der Waals surface area contributed by atoms with Crippen LogP contribution in [0.2, 0.25) is 0 Å². The van der Waals surface area contributed by atoms with Gasteiger partial charge in [0.05, 0.1) is 6.04 Å². The fourth-order valence-corrected chi connectivity index (χ4v) is 11.2. The summed E-state index contributed by atoms with van der Waals surface area (Å²) < 4.78 is 0. The molecule has 6 fully saturated rings. The summed E-state index contributed by atoms with van der Waals surface area (Å²) in [7, 11) is 0. The molecule has 7 rings (SSSR count). The van der Waals surface area contributed by atoms with Crippen LogP contribution < -0.4 is 31.9 Å². The molecule has 1 saturated carbocycles. The minimum Gasteiger partial charge on any atom is -0.383 e. The van der Waals surface area contributed by atoms with Crippen LogP contribution in [0, 0.1) is 11.8 Å². The highest BCUT2D eigenvalue weighted by Gasteiger charge is 2.36. The van der Waals surface area contributed by atoms with Crippen LogP contribution in [0.3, 0.4) is 0 Å². The first-order valence-electron chi connectivity index (χ1n) is 22.0. The van der Waals surface area contributed by atoms with E-state index in [1.807, 2.05) is 0 Å². The number of nitrogens with zero attached hydrogens (tertiary/aromatic N) is 2. The Kier molecular flexibility index (Phi) is 14.9. The maximum absolute atomic E-state index is 4.30. The zero-order valence-corrected chi connectivity index (χ0v) is 31.8. The van der Waals surface area contributed by atoms with Crippen LogP contribution in [0.5, 0.6) is 0 Å². The number of dihydropyridines is 1. The molecule has 50 heavy (non-hydrogen) atoms. The van der Waals surface area contributed by atoms with Crippen LogP contribution in [0.4, 0.5) is 0 Å². The first kappa shape index (κ1) is 37.3. The summed E-state index contributed by atoms with van der Waals surface area (Å²) in [5.41, 5.74) is 0. The average molecular weight is 693 g/mol. The lowest BCUT2D eigenvalue weighted by molar-refractivity contribution is 0.115. The molecule has 8 nitrogen and oxygen atoms in total. The molecule has 0 radical (unpaired) electrons. The molecule has 0 aromatic heterocycles. The molecule has 0 bridgehead atoms. The lowest BCUT2D eigenvalue weighted by atomic mass is 9.72. The number of rotatable bonds is 14. The van der Waals surface area contributed by atoms with E-state index < -0.39 is 0 Å². The largest absolute Gasteiger partial charge is 0.383 e. The Balaban J connectivity index is 0.873. The molecular weight excluding hydrogens is 617 g/mol. The molecule has 1 aliphatic carbocycles. The number of allylic oxidation sites excluding steroid dienone is 2. The van der Waals surface area contributed by atoms with E-state index >= 15 is 0 Å². The smallest absolute Gasteiger partial charge is 0.0569 e. The lowest BCUT2D eigenvalue weighted by Crippen LogP contribution is -2.56. The fraction of sp³-hybridized carbons (Fsp3) is 0.905. The van der Waals surface area contributed by atoms with Crippen molar-refractivity contribution in [2.45, 2.75) is 170 Å². The normalized spacial score (nSPS) is 38.7. The molecule has 8 heteroatoms. The minimum absolute atomic E-state index is 0.428. The van der Waals surface area contributed by atoms with Crippen LogP contribution in [-0.4, -0.2) is 117 Å². The third-order valence-electron chi connectivity index (χ3n) is 13.9. The van der Waals surface area contributed by atoms with Gasteiger partial charge in [0.1, 0.15) is 0 Å². The molecule has 8 atom stereocenters. The standard InChI is InChI=1S/C42H76N8/c1-5-23-43-35(11-1)27-49(28-36-12-2-6-24-44-36)31-39-15-9-17-41(47-39)33-19-21-34(22-20-33)42-18-10-16-40(48-42)32-50(29-37-13-3-7-25-45-37)30-38-14-4-8-26-46-38/h1,5,11,23,33-48H,2-4,6-10,12-22,24-32H2. The van der Waals surface area contributed by atoms with Crippen molar-refractivity contribution in [1.29, 1.82) is 0 Å². The first-order chi connectivity index (χ1) is 24.7. The molecular formula is C42H76N8. The predicted octanol–water partition coefficient (Wildman–Crippen LogP) is 4.89. The van der Waals surface area contributed by atoms with Crippen LogP contribution in [0.25, 0.3) is 0 Å². The van der Waals surface area contributed by atoms with Gasteiger partial charge >= 0.3 is 0 Å². The quantitative estimate of drug-likeness (QED) is 0.154. The van der Waals surface area contributed by atoms with Gasteiger partial charge in [-0.25, -0.2) is 0 Å². The lowest BCUT2D eigenvalue weighted by Gasteiger charge is -2.44. The van der Waals surface area contributed by atoms with Gasteiger partial charge in [0.25, 0.3) is 0 Å². The summed E-state index contributed by atoms with van der Waals surface area (Å²) in [6.07, 6.45) is 35.2. The van der Waals surface area contributed by atoms with Gasteiger partial charge in [-0.2, -0.15) is 0 Å². The Morgan fingerprint density at radius 1 is 0.420 bits per heavy atom. The zero-order chi connectivity index (χ0) is 33.8. The van der Waals surface area contributed by atoms with E-state index in [0.29, 0.717) is 36.3 Å². The van der Waals surface area contributed by atoms with Gasteiger partial charge in [0.15, 0.2) is 0 Å². The van der Waals surface area contributed by atoms with Gasteiger partial charge in [-0.05, 0) is 134 Å². The number of piperidine rings is 5. The van der Waals surface area contributed by atoms with Gasteiger partial charge in [0, 0.05) is 81.6 Å². The van der Waals surface area contributed by atoms with Crippen LogP contribution >= 0.6 is 0 Å². The summed E-state index contributed by atoms with van der Waals surface area (Å²) in [5.74, 6) is 1.75. The molecule has 284 valence electrons. The molecule has 6 heterocycles. The van der Waals surface area contributed by atoms with E-state index in [1.54, 1.807) is 0 Å². The van der Waals surface area contributed by atoms with Gasteiger partial charge in [-0.3, -0.25) is 9.80 Å². The highest BCUT2D eigenvalue weighted by Crippen LogP contribution is 2.37. The molecule has 0 aromatic rings. The van der Waals surface area contributed by atoms with Crippen LogP contribution in [0.1, 0.15) is 122 Å². The SMILES string of the molecule is C1=CNC(CN(CC2CCCCN2)CC2CCCC(C3CCC(C4CCCC(CN(CC5CCCCN5)CC5CCCCN5)N4)CC3)N2)C=C1.